The summed E-state index contributed by atoms with van der Waals surface area (Å²) in [5.74, 6) is 0. The molecule has 0 amide bonds. The van der Waals surface area contributed by atoms with Gasteiger partial charge in [0.15, 0.2) is 0 Å². The van der Waals surface area contributed by atoms with E-state index in [0.29, 0.717) is 6.04 Å². The number of hydrogen-bond donors (Lipinski definition) is 1. The van der Waals surface area contributed by atoms with Crippen molar-refractivity contribution in [1.82, 2.24) is 10.2 Å². The van der Waals surface area contributed by atoms with Crippen molar-refractivity contribution in [3.05, 3.63) is 12.8 Å². The monoisotopic (exact) mass is 210 g/mol. The van der Waals surface area contributed by atoms with E-state index in [9.17, 15) is 0 Å². The summed E-state index contributed by atoms with van der Waals surface area (Å²) in [7, 11) is 0. The van der Waals surface area contributed by atoms with Crippen molar-refractivity contribution in [2.75, 3.05) is 26.2 Å². The molecule has 2 fully saturated rings. The summed E-state index contributed by atoms with van der Waals surface area (Å²) in [6.45, 7) is 7.93. The molecule has 1 unspecified atom stereocenters. The zero-order valence-corrected chi connectivity index (χ0v) is 9.45. The maximum atomic E-state index is 5.08. The lowest BCUT2D eigenvalue weighted by Crippen LogP contribution is -2.34. The minimum atomic E-state index is 0.717. The van der Waals surface area contributed by atoms with Gasteiger partial charge in [-0.2, -0.15) is 0 Å². The van der Waals surface area contributed by atoms with Crippen LogP contribution >= 0.6 is 0 Å². The minimum absolute atomic E-state index is 0.717. The van der Waals surface area contributed by atoms with E-state index in [-0.39, 0.29) is 0 Å². The van der Waals surface area contributed by atoms with Crippen molar-refractivity contribution >= 4 is 0 Å². The van der Waals surface area contributed by atoms with Crippen molar-refractivity contribution in [3.63, 3.8) is 0 Å². The Morgan fingerprint density at radius 2 is 2.27 bits per heavy atom. The van der Waals surface area contributed by atoms with Crippen LogP contribution in [-0.4, -0.2) is 43.2 Å². The molecule has 2 aliphatic rings. The molecule has 0 radical (unpaired) electrons. The van der Waals surface area contributed by atoms with Crippen molar-refractivity contribution < 1.29 is 4.74 Å². The zero-order valence-electron chi connectivity index (χ0n) is 9.45. The second kappa shape index (κ2) is 5.52. The largest absolute Gasteiger partial charge is 0.502 e. The molecule has 1 saturated carbocycles. The molecule has 3 heteroatoms. The third-order valence-electron chi connectivity index (χ3n) is 3.27. The zero-order chi connectivity index (χ0) is 10.5. The maximum Gasteiger partial charge on any atom is 0.0885 e. The van der Waals surface area contributed by atoms with Gasteiger partial charge in [0.25, 0.3) is 0 Å². The Bertz CT molecular complexity index is 204. The standard InChI is InChI=1S/C12H22N2O/c1-2-15-9-3-7-13-11-6-8-14(10-11)12-4-5-12/h2,11-13H,1,3-10H2. The van der Waals surface area contributed by atoms with Crippen LogP contribution in [-0.2, 0) is 4.74 Å². The van der Waals surface area contributed by atoms with E-state index in [0.717, 1.165) is 25.6 Å². The van der Waals surface area contributed by atoms with E-state index < -0.39 is 0 Å². The molecule has 0 aromatic rings. The van der Waals surface area contributed by atoms with Gasteiger partial charge in [0.1, 0.15) is 0 Å². The van der Waals surface area contributed by atoms with E-state index in [4.69, 9.17) is 4.74 Å². The quantitative estimate of drug-likeness (QED) is 0.507. The maximum absolute atomic E-state index is 5.08. The van der Waals surface area contributed by atoms with Crippen molar-refractivity contribution in [3.8, 4) is 0 Å². The first-order valence-corrected chi connectivity index (χ1v) is 6.10. The van der Waals surface area contributed by atoms with Crippen LogP contribution < -0.4 is 5.32 Å². The second-order valence-electron chi connectivity index (χ2n) is 4.56. The number of rotatable bonds is 7. The molecular weight excluding hydrogens is 188 g/mol. The molecule has 0 bridgehead atoms. The summed E-state index contributed by atoms with van der Waals surface area (Å²) in [6.07, 6.45) is 6.77. The van der Waals surface area contributed by atoms with Crippen molar-refractivity contribution in [2.45, 2.75) is 37.8 Å². The Hall–Kier alpha value is -0.540. The van der Waals surface area contributed by atoms with E-state index in [1.54, 1.807) is 0 Å². The SMILES string of the molecule is C=COCCCNC1CCN(C2CC2)C1. The van der Waals surface area contributed by atoms with Crippen LogP contribution in [0.15, 0.2) is 12.8 Å². The summed E-state index contributed by atoms with van der Waals surface area (Å²) in [4.78, 5) is 2.64. The van der Waals surface area contributed by atoms with Gasteiger partial charge in [-0.25, -0.2) is 0 Å². The van der Waals surface area contributed by atoms with E-state index in [1.807, 2.05) is 0 Å². The number of ether oxygens (including phenoxy) is 1. The van der Waals surface area contributed by atoms with Gasteiger partial charge in [0.2, 0.25) is 0 Å². The minimum Gasteiger partial charge on any atom is -0.502 e. The molecule has 1 aliphatic carbocycles. The molecule has 3 nitrogen and oxygen atoms in total. The summed E-state index contributed by atoms with van der Waals surface area (Å²) in [6, 6.07) is 1.65. The summed E-state index contributed by atoms with van der Waals surface area (Å²) >= 11 is 0. The fraction of sp³-hybridized carbons (Fsp3) is 0.833. The lowest BCUT2D eigenvalue weighted by Gasteiger charge is -2.15. The number of nitrogens with zero attached hydrogens (tertiary/aromatic N) is 1. The first-order chi connectivity index (χ1) is 7.40. The van der Waals surface area contributed by atoms with Crippen LogP contribution in [0.1, 0.15) is 25.7 Å². The van der Waals surface area contributed by atoms with E-state index in [1.165, 1.54) is 38.6 Å². The Labute approximate surface area is 92.5 Å². The highest BCUT2D eigenvalue weighted by atomic mass is 16.5. The molecule has 15 heavy (non-hydrogen) atoms. The average molecular weight is 210 g/mol. The summed E-state index contributed by atoms with van der Waals surface area (Å²) in [5.41, 5.74) is 0. The Morgan fingerprint density at radius 3 is 3.00 bits per heavy atom. The van der Waals surface area contributed by atoms with Gasteiger partial charge in [0.05, 0.1) is 12.9 Å². The third-order valence-corrected chi connectivity index (χ3v) is 3.27. The van der Waals surface area contributed by atoms with Crippen LogP contribution in [0.5, 0.6) is 0 Å². The summed E-state index contributed by atoms with van der Waals surface area (Å²) in [5, 5.41) is 3.60. The smallest absolute Gasteiger partial charge is 0.0885 e. The Kier molecular flexibility index (Phi) is 4.03. The fourth-order valence-electron chi connectivity index (χ4n) is 2.27. The topological polar surface area (TPSA) is 24.5 Å². The second-order valence-corrected chi connectivity index (χ2v) is 4.56. The van der Waals surface area contributed by atoms with Gasteiger partial charge < -0.3 is 10.1 Å². The first-order valence-electron chi connectivity index (χ1n) is 6.10. The normalized spacial score (nSPS) is 26.8. The van der Waals surface area contributed by atoms with E-state index in [2.05, 4.69) is 16.8 Å². The number of hydrogen-bond acceptors (Lipinski definition) is 3. The van der Waals surface area contributed by atoms with Crippen LogP contribution in [0.25, 0.3) is 0 Å². The molecule has 1 saturated heterocycles. The van der Waals surface area contributed by atoms with Gasteiger partial charge in [-0.3, -0.25) is 4.90 Å². The van der Waals surface area contributed by atoms with Gasteiger partial charge in [-0.15, -0.1) is 0 Å². The molecule has 86 valence electrons. The molecular formula is C12H22N2O. The third kappa shape index (κ3) is 3.50. The molecule has 1 aliphatic heterocycles. The summed E-state index contributed by atoms with van der Waals surface area (Å²) < 4.78 is 5.08. The molecule has 0 aromatic carbocycles. The van der Waals surface area contributed by atoms with Gasteiger partial charge >= 0.3 is 0 Å². The first kappa shape index (κ1) is 11.0. The molecule has 1 atom stereocenters. The number of nitrogens with one attached hydrogen (secondary N) is 1. The molecule has 1 heterocycles. The fourth-order valence-corrected chi connectivity index (χ4v) is 2.27. The van der Waals surface area contributed by atoms with Crippen molar-refractivity contribution in [1.29, 1.82) is 0 Å². The Balaban J connectivity index is 1.50. The Morgan fingerprint density at radius 1 is 1.40 bits per heavy atom. The van der Waals surface area contributed by atoms with Crippen LogP contribution in [0.4, 0.5) is 0 Å². The van der Waals surface area contributed by atoms with Gasteiger partial charge in [-0.05, 0) is 32.2 Å². The highest BCUT2D eigenvalue weighted by molar-refractivity contribution is 4.91. The highest BCUT2D eigenvalue weighted by Gasteiger charge is 2.33. The predicted molar refractivity (Wildman–Crippen MR) is 61.8 cm³/mol. The van der Waals surface area contributed by atoms with Crippen LogP contribution in [0.2, 0.25) is 0 Å². The highest BCUT2D eigenvalue weighted by Crippen LogP contribution is 2.29. The molecule has 0 spiro atoms. The van der Waals surface area contributed by atoms with Gasteiger partial charge in [0, 0.05) is 25.2 Å². The molecule has 1 N–H and O–H groups in total. The lowest BCUT2D eigenvalue weighted by molar-refractivity contribution is 0.242. The predicted octanol–water partition coefficient (Wildman–Crippen LogP) is 1.36. The van der Waals surface area contributed by atoms with Gasteiger partial charge in [-0.1, -0.05) is 6.58 Å². The number of likely N-dealkylation sites (tertiary alicyclic amines) is 1. The van der Waals surface area contributed by atoms with E-state index >= 15 is 0 Å². The lowest BCUT2D eigenvalue weighted by atomic mass is 10.2. The molecule has 0 aromatic heterocycles. The van der Waals surface area contributed by atoms with Crippen LogP contribution in [0.3, 0.4) is 0 Å². The molecule has 2 rings (SSSR count). The average Bonchev–Trinajstić information content (AvgIpc) is 2.99. The van der Waals surface area contributed by atoms with Crippen LogP contribution in [0, 0.1) is 0 Å². The van der Waals surface area contributed by atoms with Crippen molar-refractivity contribution in [2.24, 2.45) is 0 Å².